The standard InChI is InChI=1S/C13H15FN2O2/c14-10-3-1-9(2-4-10)7-8-15-13(18)11-5-6-12(17)16-11/h1-4,11H,5-8H2,(H,15,18)(H,16,17)/t11-/m0/s1. The van der Waals surface area contributed by atoms with Crippen LogP contribution in [0, 0.1) is 5.82 Å². The average Bonchev–Trinajstić information content (AvgIpc) is 2.78. The summed E-state index contributed by atoms with van der Waals surface area (Å²) < 4.78 is 12.7. The van der Waals surface area contributed by atoms with E-state index in [1.165, 1.54) is 12.1 Å². The lowest BCUT2D eigenvalue weighted by molar-refractivity contribution is -0.125. The second kappa shape index (κ2) is 5.62. The third kappa shape index (κ3) is 3.29. The molecule has 1 aromatic rings. The summed E-state index contributed by atoms with van der Waals surface area (Å²) in [5.41, 5.74) is 0.965. The summed E-state index contributed by atoms with van der Waals surface area (Å²) in [4.78, 5) is 22.6. The van der Waals surface area contributed by atoms with Crippen LogP contribution in [0.5, 0.6) is 0 Å². The lowest BCUT2D eigenvalue weighted by Gasteiger charge is -2.10. The highest BCUT2D eigenvalue weighted by molar-refractivity contribution is 5.90. The first-order valence-electron chi connectivity index (χ1n) is 5.96. The monoisotopic (exact) mass is 250 g/mol. The molecule has 0 radical (unpaired) electrons. The molecule has 2 amide bonds. The highest BCUT2D eigenvalue weighted by Gasteiger charge is 2.26. The van der Waals surface area contributed by atoms with E-state index in [9.17, 15) is 14.0 Å². The van der Waals surface area contributed by atoms with Crippen LogP contribution < -0.4 is 10.6 Å². The van der Waals surface area contributed by atoms with E-state index in [2.05, 4.69) is 10.6 Å². The van der Waals surface area contributed by atoms with Gasteiger partial charge in [-0.05, 0) is 30.5 Å². The second-order valence-corrected chi connectivity index (χ2v) is 4.33. The van der Waals surface area contributed by atoms with E-state index in [1.807, 2.05) is 0 Å². The SMILES string of the molecule is O=C1CC[C@@H](C(=O)NCCc2ccc(F)cc2)N1. The van der Waals surface area contributed by atoms with Crippen molar-refractivity contribution in [3.05, 3.63) is 35.6 Å². The van der Waals surface area contributed by atoms with Crippen LogP contribution in [0.15, 0.2) is 24.3 Å². The van der Waals surface area contributed by atoms with Crippen molar-refractivity contribution in [3.63, 3.8) is 0 Å². The summed E-state index contributed by atoms with van der Waals surface area (Å²) >= 11 is 0. The molecule has 1 aromatic carbocycles. The Kier molecular flexibility index (Phi) is 3.92. The van der Waals surface area contributed by atoms with Gasteiger partial charge < -0.3 is 10.6 Å². The molecule has 1 saturated heterocycles. The van der Waals surface area contributed by atoms with Crippen molar-refractivity contribution in [2.24, 2.45) is 0 Å². The third-order valence-electron chi connectivity index (χ3n) is 2.94. The van der Waals surface area contributed by atoms with Crippen LogP contribution in [-0.2, 0) is 16.0 Å². The minimum absolute atomic E-state index is 0.0753. The topological polar surface area (TPSA) is 58.2 Å². The number of halogens is 1. The maximum absolute atomic E-state index is 12.7. The molecule has 1 atom stereocenters. The average molecular weight is 250 g/mol. The largest absolute Gasteiger partial charge is 0.354 e. The van der Waals surface area contributed by atoms with Crippen molar-refractivity contribution < 1.29 is 14.0 Å². The number of nitrogens with one attached hydrogen (secondary N) is 2. The number of amides is 2. The molecule has 1 fully saturated rings. The molecule has 0 unspecified atom stereocenters. The Bertz CT molecular complexity index is 445. The molecule has 0 aromatic heterocycles. The van der Waals surface area contributed by atoms with Crippen LogP contribution in [0.25, 0.3) is 0 Å². The second-order valence-electron chi connectivity index (χ2n) is 4.33. The van der Waals surface area contributed by atoms with Crippen molar-refractivity contribution in [3.8, 4) is 0 Å². The van der Waals surface area contributed by atoms with E-state index in [0.717, 1.165) is 5.56 Å². The van der Waals surface area contributed by atoms with Gasteiger partial charge in [0.1, 0.15) is 11.9 Å². The molecule has 1 heterocycles. The summed E-state index contributed by atoms with van der Waals surface area (Å²) in [6, 6.07) is 5.78. The van der Waals surface area contributed by atoms with E-state index < -0.39 is 6.04 Å². The molecule has 1 aliphatic heterocycles. The predicted molar refractivity (Wildman–Crippen MR) is 64.3 cm³/mol. The van der Waals surface area contributed by atoms with Crippen molar-refractivity contribution >= 4 is 11.8 Å². The smallest absolute Gasteiger partial charge is 0.242 e. The van der Waals surface area contributed by atoms with Gasteiger partial charge >= 0.3 is 0 Å². The van der Waals surface area contributed by atoms with Crippen LogP contribution in [0.4, 0.5) is 4.39 Å². The highest BCUT2D eigenvalue weighted by atomic mass is 19.1. The van der Waals surface area contributed by atoms with Crippen LogP contribution in [0.1, 0.15) is 18.4 Å². The fourth-order valence-corrected chi connectivity index (χ4v) is 1.92. The number of hydrogen-bond acceptors (Lipinski definition) is 2. The molecule has 5 heteroatoms. The van der Waals surface area contributed by atoms with Gasteiger partial charge in [-0.15, -0.1) is 0 Å². The molecule has 2 N–H and O–H groups in total. The fraction of sp³-hybridized carbons (Fsp3) is 0.385. The molecular weight excluding hydrogens is 235 g/mol. The summed E-state index contributed by atoms with van der Waals surface area (Å²) in [7, 11) is 0. The van der Waals surface area contributed by atoms with E-state index in [4.69, 9.17) is 0 Å². The summed E-state index contributed by atoms with van der Waals surface area (Å²) in [5.74, 6) is -0.493. The minimum atomic E-state index is -0.397. The first kappa shape index (κ1) is 12.5. The molecule has 4 nitrogen and oxygen atoms in total. The highest BCUT2D eigenvalue weighted by Crippen LogP contribution is 2.06. The van der Waals surface area contributed by atoms with Crippen LogP contribution in [0.2, 0.25) is 0 Å². The van der Waals surface area contributed by atoms with Gasteiger partial charge in [-0.25, -0.2) is 4.39 Å². The maximum Gasteiger partial charge on any atom is 0.242 e. The molecule has 18 heavy (non-hydrogen) atoms. The Balaban J connectivity index is 1.73. The fourth-order valence-electron chi connectivity index (χ4n) is 1.92. The molecular formula is C13H15FN2O2. The number of carbonyl (C=O) groups is 2. The number of hydrogen-bond donors (Lipinski definition) is 2. The van der Waals surface area contributed by atoms with E-state index >= 15 is 0 Å². The molecule has 0 bridgehead atoms. The first-order valence-corrected chi connectivity index (χ1v) is 5.96. The minimum Gasteiger partial charge on any atom is -0.354 e. The molecule has 2 rings (SSSR count). The summed E-state index contributed by atoms with van der Waals surface area (Å²) in [6.07, 6.45) is 1.62. The Hall–Kier alpha value is -1.91. The Morgan fingerprint density at radius 1 is 1.39 bits per heavy atom. The predicted octanol–water partition coefficient (Wildman–Crippen LogP) is 0.763. The Morgan fingerprint density at radius 2 is 2.11 bits per heavy atom. The van der Waals surface area contributed by atoms with E-state index in [-0.39, 0.29) is 17.6 Å². The number of benzene rings is 1. The van der Waals surface area contributed by atoms with Crippen molar-refractivity contribution in [2.45, 2.75) is 25.3 Å². The number of rotatable bonds is 4. The van der Waals surface area contributed by atoms with Crippen molar-refractivity contribution in [1.29, 1.82) is 0 Å². The zero-order valence-electron chi connectivity index (χ0n) is 9.91. The van der Waals surface area contributed by atoms with E-state index in [0.29, 0.717) is 25.8 Å². The van der Waals surface area contributed by atoms with Gasteiger partial charge in [0.2, 0.25) is 11.8 Å². The molecule has 0 spiro atoms. The van der Waals surface area contributed by atoms with Gasteiger partial charge in [0.25, 0.3) is 0 Å². The first-order chi connectivity index (χ1) is 8.65. The molecule has 0 aliphatic carbocycles. The maximum atomic E-state index is 12.7. The normalized spacial score (nSPS) is 18.5. The van der Waals surface area contributed by atoms with Crippen molar-refractivity contribution in [2.75, 3.05) is 6.54 Å². The van der Waals surface area contributed by atoms with Crippen molar-refractivity contribution in [1.82, 2.24) is 10.6 Å². The molecule has 0 saturated carbocycles. The summed E-state index contributed by atoms with van der Waals surface area (Å²) in [6.45, 7) is 0.483. The zero-order valence-corrected chi connectivity index (χ0v) is 9.91. The van der Waals surface area contributed by atoms with Gasteiger partial charge in [0, 0.05) is 13.0 Å². The summed E-state index contributed by atoms with van der Waals surface area (Å²) in [5, 5.41) is 5.37. The molecule has 96 valence electrons. The van der Waals surface area contributed by atoms with Gasteiger partial charge in [-0.1, -0.05) is 12.1 Å². The van der Waals surface area contributed by atoms with Gasteiger partial charge in [0.15, 0.2) is 0 Å². The van der Waals surface area contributed by atoms with Gasteiger partial charge in [-0.3, -0.25) is 9.59 Å². The van der Waals surface area contributed by atoms with Crippen LogP contribution >= 0.6 is 0 Å². The van der Waals surface area contributed by atoms with Crippen LogP contribution in [-0.4, -0.2) is 24.4 Å². The quantitative estimate of drug-likeness (QED) is 0.829. The van der Waals surface area contributed by atoms with Gasteiger partial charge in [-0.2, -0.15) is 0 Å². The Labute approximate surface area is 105 Å². The Morgan fingerprint density at radius 3 is 2.72 bits per heavy atom. The van der Waals surface area contributed by atoms with Gasteiger partial charge in [0.05, 0.1) is 0 Å². The number of carbonyl (C=O) groups excluding carboxylic acids is 2. The third-order valence-corrected chi connectivity index (χ3v) is 2.94. The lowest BCUT2D eigenvalue weighted by atomic mass is 10.1. The zero-order chi connectivity index (χ0) is 13.0. The lowest BCUT2D eigenvalue weighted by Crippen LogP contribution is -2.42. The van der Waals surface area contributed by atoms with E-state index in [1.54, 1.807) is 12.1 Å². The molecule has 1 aliphatic rings. The van der Waals surface area contributed by atoms with Crippen LogP contribution in [0.3, 0.4) is 0 Å².